The molecule has 0 saturated carbocycles. The van der Waals surface area contributed by atoms with Gasteiger partial charge in [-0.05, 0) is 32.0 Å². The molecule has 0 aliphatic carbocycles. The van der Waals surface area contributed by atoms with Crippen LogP contribution in [0.2, 0.25) is 5.02 Å². The number of benzene rings is 1. The SMILES string of the molecule is CN1CC(CN)CC1c1cc(Cl)c(O)c(F)c1F. The lowest BCUT2D eigenvalue weighted by molar-refractivity contribution is 0.301. The molecule has 1 aromatic carbocycles. The van der Waals surface area contributed by atoms with Crippen LogP contribution < -0.4 is 5.73 Å². The third kappa shape index (κ3) is 2.18. The van der Waals surface area contributed by atoms with Crippen LogP contribution in [0.4, 0.5) is 8.78 Å². The summed E-state index contributed by atoms with van der Waals surface area (Å²) in [5, 5.41) is 9.07. The molecule has 0 aromatic heterocycles. The number of halogens is 3. The molecule has 6 heteroatoms. The average molecular weight is 277 g/mol. The zero-order valence-corrected chi connectivity index (χ0v) is 10.7. The van der Waals surface area contributed by atoms with E-state index < -0.39 is 17.4 Å². The van der Waals surface area contributed by atoms with Crippen molar-refractivity contribution in [1.82, 2.24) is 4.90 Å². The van der Waals surface area contributed by atoms with E-state index in [1.807, 2.05) is 11.9 Å². The summed E-state index contributed by atoms with van der Waals surface area (Å²) in [6.07, 6.45) is 0.657. The fourth-order valence-electron chi connectivity index (χ4n) is 2.49. The first-order valence-electron chi connectivity index (χ1n) is 5.72. The van der Waals surface area contributed by atoms with Gasteiger partial charge in [0.25, 0.3) is 0 Å². The maximum Gasteiger partial charge on any atom is 0.202 e. The average Bonchev–Trinajstić information content (AvgIpc) is 2.72. The summed E-state index contributed by atoms with van der Waals surface area (Å²) >= 11 is 5.69. The summed E-state index contributed by atoms with van der Waals surface area (Å²) in [7, 11) is 1.83. The molecular weight excluding hydrogens is 262 g/mol. The van der Waals surface area contributed by atoms with E-state index in [0.29, 0.717) is 13.0 Å². The molecule has 2 unspecified atom stereocenters. The summed E-state index contributed by atoms with van der Waals surface area (Å²) in [5.74, 6) is -2.91. The Labute approximate surface area is 109 Å². The first-order chi connectivity index (χ1) is 8.45. The Balaban J connectivity index is 2.40. The highest BCUT2D eigenvalue weighted by molar-refractivity contribution is 6.32. The molecule has 1 saturated heterocycles. The number of rotatable bonds is 2. The van der Waals surface area contributed by atoms with Gasteiger partial charge in [-0.25, -0.2) is 4.39 Å². The minimum atomic E-state index is -1.29. The molecule has 1 fully saturated rings. The Bertz CT molecular complexity index is 470. The highest BCUT2D eigenvalue weighted by Crippen LogP contribution is 2.39. The Hall–Kier alpha value is -0.910. The molecule has 2 rings (SSSR count). The molecule has 0 radical (unpaired) electrons. The van der Waals surface area contributed by atoms with Crippen molar-refractivity contribution < 1.29 is 13.9 Å². The van der Waals surface area contributed by atoms with Gasteiger partial charge in [0.05, 0.1) is 5.02 Å². The maximum absolute atomic E-state index is 13.8. The monoisotopic (exact) mass is 276 g/mol. The van der Waals surface area contributed by atoms with Crippen molar-refractivity contribution in [2.75, 3.05) is 20.1 Å². The van der Waals surface area contributed by atoms with Gasteiger partial charge in [-0.15, -0.1) is 0 Å². The molecule has 0 amide bonds. The summed E-state index contributed by atoms with van der Waals surface area (Å²) in [6.45, 7) is 1.25. The van der Waals surface area contributed by atoms with Crippen LogP contribution in [-0.2, 0) is 0 Å². The number of phenolic OH excluding ortho intramolecular Hbond substituents is 1. The summed E-state index contributed by atoms with van der Waals surface area (Å²) in [4.78, 5) is 1.92. The number of aromatic hydroxyl groups is 1. The Kier molecular flexibility index (Phi) is 3.75. The molecule has 2 atom stereocenters. The number of phenols is 1. The molecular formula is C12H15ClF2N2O. The largest absolute Gasteiger partial charge is 0.504 e. The normalized spacial score (nSPS) is 24.7. The lowest BCUT2D eigenvalue weighted by Gasteiger charge is -2.20. The molecule has 1 aromatic rings. The van der Waals surface area contributed by atoms with Crippen LogP contribution in [-0.4, -0.2) is 30.1 Å². The predicted molar refractivity (Wildman–Crippen MR) is 65.6 cm³/mol. The van der Waals surface area contributed by atoms with E-state index in [2.05, 4.69) is 0 Å². The van der Waals surface area contributed by atoms with E-state index in [0.717, 1.165) is 6.54 Å². The second kappa shape index (κ2) is 4.99. The number of likely N-dealkylation sites (tertiary alicyclic amines) is 1. The first-order valence-corrected chi connectivity index (χ1v) is 6.10. The van der Waals surface area contributed by atoms with Crippen LogP contribution >= 0.6 is 11.6 Å². The van der Waals surface area contributed by atoms with Crippen LogP contribution in [0.15, 0.2) is 6.07 Å². The fraction of sp³-hybridized carbons (Fsp3) is 0.500. The van der Waals surface area contributed by atoms with Crippen LogP contribution in [0.25, 0.3) is 0 Å². The van der Waals surface area contributed by atoms with Crippen molar-refractivity contribution in [3.63, 3.8) is 0 Å². The highest BCUT2D eigenvalue weighted by atomic mass is 35.5. The van der Waals surface area contributed by atoms with Gasteiger partial charge in [-0.2, -0.15) is 4.39 Å². The Morgan fingerprint density at radius 2 is 2.17 bits per heavy atom. The molecule has 3 N–H and O–H groups in total. The van der Waals surface area contributed by atoms with Gasteiger partial charge in [0.1, 0.15) is 0 Å². The van der Waals surface area contributed by atoms with Crippen molar-refractivity contribution in [3.05, 3.63) is 28.3 Å². The minimum absolute atomic E-state index is 0.173. The fourth-order valence-corrected chi connectivity index (χ4v) is 2.69. The summed E-state index contributed by atoms with van der Waals surface area (Å²) in [6, 6.07) is 1.03. The zero-order chi connectivity index (χ0) is 13.4. The second-order valence-electron chi connectivity index (χ2n) is 4.72. The molecule has 1 aliphatic heterocycles. The van der Waals surface area contributed by atoms with E-state index in [1.165, 1.54) is 6.07 Å². The van der Waals surface area contributed by atoms with Gasteiger partial charge in [0, 0.05) is 18.2 Å². The maximum atomic E-state index is 13.8. The number of nitrogens with two attached hydrogens (primary N) is 1. The lowest BCUT2D eigenvalue weighted by atomic mass is 9.99. The molecule has 18 heavy (non-hydrogen) atoms. The third-order valence-corrected chi connectivity index (χ3v) is 3.78. The number of hydrogen-bond donors (Lipinski definition) is 2. The van der Waals surface area contributed by atoms with Crippen molar-refractivity contribution >= 4 is 11.6 Å². The van der Waals surface area contributed by atoms with Crippen molar-refractivity contribution in [3.8, 4) is 5.75 Å². The van der Waals surface area contributed by atoms with Crippen LogP contribution in [0.1, 0.15) is 18.0 Å². The van der Waals surface area contributed by atoms with Gasteiger partial charge in [0.15, 0.2) is 11.6 Å². The highest BCUT2D eigenvalue weighted by Gasteiger charge is 2.33. The van der Waals surface area contributed by atoms with Crippen molar-refractivity contribution in [2.24, 2.45) is 11.7 Å². The second-order valence-corrected chi connectivity index (χ2v) is 5.12. The molecule has 100 valence electrons. The minimum Gasteiger partial charge on any atom is -0.504 e. The zero-order valence-electron chi connectivity index (χ0n) is 9.96. The van der Waals surface area contributed by atoms with Gasteiger partial charge in [-0.1, -0.05) is 11.6 Å². The van der Waals surface area contributed by atoms with E-state index in [9.17, 15) is 13.9 Å². The molecule has 3 nitrogen and oxygen atoms in total. The standard InChI is InChI=1S/C12H15ClF2N2O/c1-17-5-6(4-16)2-9(17)7-3-8(13)12(18)11(15)10(7)14/h3,6,9,18H,2,4-5,16H2,1H3. The van der Waals surface area contributed by atoms with E-state index >= 15 is 0 Å². The number of hydrogen-bond acceptors (Lipinski definition) is 3. The third-order valence-electron chi connectivity index (χ3n) is 3.49. The van der Waals surface area contributed by atoms with Crippen LogP contribution in [0, 0.1) is 17.6 Å². The molecule has 1 aliphatic rings. The predicted octanol–water partition coefficient (Wildman–Crippen LogP) is 2.28. The topological polar surface area (TPSA) is 49.5 Å². The van der Waals surface area contributed by atoms with Crippen molar-refractivity contribution in [1.29, 1.82) is 0 Å². The van der Waals surface area contributed by atoms with Gasteiger partial charge in [-0.3, -0.25) is 4.90 Å². The van der Waals surface area contributed by atoms with Crippen LogP contribution in [0.5, 0.6) is 5.75 Å². The summed E-state index contributed by atoms with van der Waals surface area (Å²) < 4.78 is 27.3. The first kappa shape index (κ1) is 13.5. The Morgan fingerprint density at radius 1 is 1.50 bits per heavy atom. The molecule has 0 spiro atoms. The summed E-state index contributed by atoms with van der Waals surface area (Å²) in [5.41, 5.74) is 5.77. The smallest absolute Gasteiger partial charge is 0.202 e. The quantitative estimate of drug-likeness (QED) is 0.815. The Morgan fingerprint density at radius 3 is 2.72 bits per heavy atom. The van der Waals surface area contributed by atoms with E-state index in [1.54, 1.807) is 0 Å². The van der Waals surface area contributed by atoms with Crippen molar-refractivity contribution in [2.45, 2.75) is 12.5 Å². The van der Waals surface area contributed by atoms with Gasteiger partial charge in [0.2, 0.25) is 5.82 Å². The molecule has 0 bridgehead atoms. The van der Waals surface area contributed by atoms with Crippen LogP contribution in [0.3, 0.4) is 0 Å². The molecule has 1 heterocycles. The van der Waals surface area contributed by atoms with E-state index in [-0.39, 0.29) is 22.5 Å². The van der Waals surface area contributed by atoms with Gasteiger partial charge >= 0.3 is 0 Å². The van der Waals surface area contributed by atoms with E-state index in [4.69, 9.17) is 17.3 Å². The lowest BCUT2D eigenvalue weighted by Crippen LogP contribution is -2.21. The van der Waals surface area contributed by atoms with Gasteiger partial charge < -0.3 is 10.8 Å². The number of nitrogens with zero attached hydrogens (tertiary/aromatic N) is 1.